The number of aromatic nitrogens is 3. The highest BCUT2D eigenvalue weighted by Gasteiger charge is 2.31. The maximum absolute atomic E-state index is 5.72. The molecule has 1 aliphatic carbocycles. The van der Waals surface area contributed by atoms with Gasteiger partial charge in [0.2, 0.25) is 0 Å². The summed E-state index contributed by atoms with van der Waals surface area (Å²) < 4.78 is 1.94. The highest BCUT2D eigenvalue weighted by atomic mass is 15.4. The summed E-state index contributed by atoms with van der Waals surface area (Å²) in [4.78, 5) is 0. The molecule has 0 radical (unpaired) electrons. The molecule has 0 bridgehead atoms. The second kappa shape index (κ2) is 3.96. The number of benzene rings is 1. The van der Waals surface area contributed by atoms with Crippen LogP contribution < -0.4 is 5.73 Å². The summed E-state index contributed by atoms with van der Waals surface area (Å²) in [7, 11) is 0. The molecule has 88 valence electrons. The van der Waals surface area contributed by atoms with Crippen molar-refractivity contribution in [2.24, 2.45) is 5.73 Å². The molecule has 1 fully saturated rings. The highest BCUT2D eigenvalue weighted by molar-refractivity contribution is 5.37. The van der Waals surface area contributed by atoms with Crippen molar-refractivity contribution in [3.63, 3.8) is 0 Å². The Kier molecular flexibility index (Phi) is 2.44. The van der Waals surface area contributed by atoms with Gasteiger partial charge in [0.1, 0.15) is 5.69 Å². The third-order valence-electron chi connectivity index (χ3n) is 3.21. The van der Waals surface area contributed by atoms with Crippen LogP contribution in [0.15, 0.2) is 24.3 Å². The van der Waals surface area contributed by atoms with Gasteiger partial charge in [-0.15, -0.1) is 5.10 Å². The van der Waals surface area contributed by atoms with E-state index < -0.39 is 0 Å². The van der Waals surface area contributed by atoms with Crippen LogP contribution in [-0.4, -0.2) is 15.0 Å². The van der Waals surface area contributed by atoms with Gasteiger partial charge in [-0.3, -0.25) is 0 Å². The van der Waals surface area contributed by atoms with Crippen molar-refractivity contribution in [3.05, 3.63) is 41.2 Å². The van der Waals surface area contributed by atoms with E-state index in [0.29, 0.717) is 12.5 Å². The van der Waals surface area contributed by atoms with Crippen molar-refractivity contribution in [2.45, 2.75) is 32.2 Å². The summed E-state index contributed by atoms with van der Waals surface area (Å²) in [6.07, 6.45) is 2.46. The molecule has 4 heteroatoms. The van der Waals surface area contributed by atoms with Crippen LogP contribution in [0.3, 0.4) is 0 Å². The molecule has 0 atom stereocenters. The first-order valence-corrected chi connectivity index (χ1v) is 6.01. The average Bonchev–Trinajstić information content (AvgIpc) is 3.10. The molecule has 3 rings (SSSR count). The topological polar surface area (TPSA) is 56.7 Å². The molecule has 0 aliphatic heterocycles. The molecule has 0 saturated heterocycles. The lowest BCUT2D eigenvalue weighted by molar-refractivity contribution is 0.763. The Morgan fingerprint density at radius 2 is 2.00 bits per heavy atom. The van der Waals surface area contributed by atoms with Crippen molar-refractivity contribution in [3.8, 4) is 5.69 Å². The van der Waals surface area contributed by atoms with Crippen LogP contribution in [0.25, 0.3) is 5.69 Å². The van der Waals surface area contributed by atoms with Crippen molar-refractivity contribution in [2.75, 3.05) is 0 Å². The Morgan fingerprint density at radius 3 is 2.59 bits per heavy atom. The van der Waals surface area contributed by atoms with Crippen LogP contribution >= 0.6 is 0 Å². The molecule has 1 aliphatic rings. The third-order valence-corrected chi connectivity index (χ3v) is 3.21. The lowest BCUT2D eigenvalue weighted by Gasteiger charge is -2.06. The lowest BCUT2D eigenvalue weighted by atomic mass is 10.2. The Labute approximate surface area is 100 Å². The molecular formula is C13H16N4. The molecule has 1 aromatic heterocycles. The number of hydrogen-bond donors (Lipinski definition) is 1. The van der Waals surface area contributed by atoms with Crippen LogP contribution in [0.1, 0.15) is 35.7 Å². The van der Waals surface area contributed by atoms with Crippen LogP contribution in [-0.2, 0) is 6.54 Å². The van der Waals surface area contributed by atoms with Gasteiger partial charge in [-0.2, -0.15) is 0 Å². The van der Waals surface area contributed by atoms with E-state index in [1.54, 1.807) is 0 Å². The summed E-state index contributed by atoms with van der Waals surface area (Å²) >= 11 is 0. The summed E-state index contributed by atoms with van der Waals surface area (Å²) in [5.41, 5.74) is 10.2. The van der Waals surface area contributed by atoms with Gasteiger partial charge in [-0.05, 0) is 31.9 Å². The Morgan fingerprint density at radius 1 is 1.29 bits per heavy atom. The van der Waals surface area contributed by atoms with Crippen LogP contribution in [0.5, 0.6) is 0 Å². The molecule has 2 N–H and O–H groups in total. The zero-order valence-corrected chi connectivity index (χ0v) is 9.93. The quantitative estimate of drug-likeness (QED) is 0.873. The predicted octanol–water partition coefficient (Wildman–Crippen LogP) is 1.91. The number of nitrogens with two attached hydrogens (primary N) is 1. The molecule has 0 amide bonds. The molecule has 2 aromatic rings. The van der Waals surface area contributed by atoms with Gasteiger partial charge >= 0.3 is 0 Å². The first kappa shape index (κ1) is 10.5. The van der Waals surface area contributed by atoms with Gasteiger partial charge in [0.15, 0.2) is 0 Å². The summed E-state index contributed by atoms with van der Waals surface area (Å²) in [6.45, 7) is 2.55. The molecule has 1 heterocycles. The lowest BCUT2D eigenvalue weighted by Crippen LogP contribution is -2.05. The zero-order chi connectivity index (χ0) is 11.8. The standard InChI is InChI=1S/C13H16N4/c1-9-2-6-11(7-3-9)17-13(10-4-5-10)12(8-14)15-16-17/h2-3,6-7,10H,4-5,8,14H2,1H3. The number of aryl methyl sites for hydroxylation is 1. The van der Waals surface area contributed by atoms with Gasteiger partial charge in [-0.1, -0.05) is 22.9 Å². The summed E-state index contributed by atoms with van der Waals surface area (Å²) in [5.74, 6) is 0.602. The molecular weight excluding hydrogens is 212 g/mol. The normalized spacial score (nSPS) is 15.2. The fourth-order valence-electron chi connectivity index (χ4n) is 2.11. The van der Waals surface area contributed by atoms with Crippen molar-refractivity contribution in [1.29, 1.82) is 0 Å². The fraction of sp³-hybridized carbons (Fsp3) is 0.385. The van der Waals surface area contributed by atoms with E-state index in [4.69, 9.17) is 5.73 Å². The van der Waals surface area contributed by atoms with E-state index in [1.165, 1.54) is 24.1 Å². The van der Waals surface area contributed by atoms with E-state index in [9.17, 15) is 0 Å². The second-order valence-electron chi connectivity index (χ2n) is 4.65. The van der Waals surface area contributed by atoms with Gasteiger partial charge in [-0.25, -0.2) is 4.68 Å². The van der Waals surface area contributed by atoms with Crippen LogP contribution in [0.2, 0.25) is 0 Å². The minimum absolute atomic E-state index is 0.470. The molecule has 1 aromatic carbocycles. The van der Waals surface area contributed by atoms with E-state index in [1.807, 2.05) is 4.68 Å². The zero-order valence-electron chi connectivity index (χ0n) is 9.93. The maximum Gasteiger partial charge on any atom is 0.100 e. The first-order chi connectivity index (χ1) is 8.29. The maximum atomic E-state index is 5.72. The van der Waals surface area contributed by atoms with E-state index in [-0.39, 0.29) is 0 Å². The molecule has 0 spiro atoms. The first-order valence-electron chi connectivity index (χ1n) is 6.01. The van der Waals surface area contributed by atoms with Crippen molar-refractivity contribution < 1.29 is 0 Å². The van der Waals surface area contributed by atoms with Crippen molar-refractivity contribution >= 4 is 0 Å². The third kappa shape index (κ3) is 1.85. The molecule has 4 nitrogen and oxygen atoms in total. The van der Waals surface area contributed by atoms with Gasteiger partial charge in [0, 0.05) is 12.5 Å². The van der Waals surface area contributed by atoms with Crippen molar-refractivity contribution in [1.82, 2.24) is 15.0 Å². The van der Waals surface area contributed by atoms with Gasteiger partial charge < -0.3 is 5.73 Å². The van der Waals surface area contributed by atoms with E-state index in [0.717, 1.165) is 11.4 Å². The Hall–Kier alpha value is -1.68. The minimum atomic E-state index is 0.470. The summed E-state index contributed by atoms with van der Waals surface area (Å²) in [6, 6.07) is 8.35. The Balaban J connectivity index is 2.07. The fourth-order valence-corrected chi connectivity index (χ4v) is 2.11. The van der Waals surface area contributed by atoms with Gasteiger partial charge in [0.05, 0.1) is 11.4 Å². The Bertz CT molecular complexity index is 523. The average molecular weight is 228 g/mol. The molecule has 0 unspecified atom stereocenters. The molecule has 1 saturated carbocycles. The highest BCUT2D eigenvalue weighted by Crippen LogP contribution is 2.41. The van der Waals surface area contributed by atoms with Crippen LogP contribution in [0, 0.1) is 6.92 Å². The minimum Gasteiger partial charge on any atom is -0.325 e. The predicted molar refractivity (Wildman–Crippen MR) is 66.0 cm³/mol. The number of hydrogen-bond acceptors (Lipinski definition) is 3. The monoisotopic (exact) mass is 228 g/mol. The number of nitrogens with zero attached hydrogens (tertiary/aromatic N) is 3. The van der Waals surface area contributed by atoms with E-state index >= 15 is 0 Å². The molecule has 17 heavy (non-hydrogen) atoms. The largest absolute Gasteiger partial charge is 0.325 e. The second-order valence-corrected chi connectivity index (χ2v) is 4.65. The summed E-state index contributed by atoms with van der Waals surface area (Å²) in [5, 5.41) is 8.42. The smallest absolute Gasteiger partial charge is 0.100 e. The SMILES string of the molecule is Cc1ccc(-n2nnc(CN)c2C2CC2)cc1. The van der Waals surface area contributed by atoms with E-state index in [2.05, 4.69) is 41.5 Å². The number of rotatable bonds is 3. The van der Waals surface area contributed by atoms with Gasteiger partial charge in [0.25, 0.3) is 0 Å². The van der Waals surface area contributed by atoms with Crippen LogP contribution in [0.4, 0.5) is 0 Å².